The topological polar surface area (TPSA) is 40.6 Å². The molecule has 0 aliphatic carbocycles. The van der Waals surface area contributed by atoms with Gasteiger partial charge < -0.3 is 4.90 Å². The minimum atomic E-state index is -3.41. The van der Waals surface area contributed by atoms with Crippen molar-refractivity contribution in [2.75, 3.05) is 31.1 Å². The molecule has 1 saturated heterocycles. The van der Waals surface area contributed by atoms with E-state index >= 15 is 0 Å². The maximum absolute atomic E-state index is 12.9. The highest BCUT2D eigenvalue weighted by molar-refractivity contribution is 7.89. The molecule has 0 amide bonds. The molecule has 0 N–H and O–H groups in total. The van der Waals surface area contributed by atoms with Gasteiger partial charge in [0.05, 0.1) is 4.90 Å². The minimum absolute atomic E-state index is 0.422. The van der Waals surface area contributed by atoms with Gasteiger partial charge in [0.25, 0.3) is 0 Å². The molecule has 0 aromatic heterocycles. The van der Waals surface area contributed by atoms with Crippen LogP contribution in [0.5, 0.6) is 0 Å². The fraction of sp³-hybridized carbons (Fsp3) is 0.368. The highest BCUT2D eigenvalue weighted by Crippen LogP contribution is 2.27. The first-order chi connectivity index (χ1) is 11.4. The van der Waals surface area contributed by atoms with Crippen molar-refractivity contribution in [2.24, 2.45) is 0 Å². The first-order valence-corrected chi connectivity index (χ1v) is 9.72. The number of piperazine rings is 1. The lowest BCUT2D eigenvalue weighted by Gasteiger charge is -2.37. The fourth-order valence-corrected chi connectivity index (χ4v) is 5.09. The van der Waals surface area contributed by atoms with Crippen molar-refractivity contribution in [1.29, 1.82) is 0 Å². The van der Waals surface area contributed by atoms with Crippen LogP contribution < -0.4 is 4.90 Å². The van der Waals surface area contributed by atoms with Crippen LogP contribution >= 0.6 is 0 Å². The number of benzene rings is 2. The lowest BCUT2D eigenvalue weighted by Crippen LogP contribution is -2.49. The Kier molecular flexibility index (Phi) is 4.65. The molecular formula is C19H24N2O2S. The summed E-state index contributed by atoms with van der Waals surface area (Å²) in [5, 5.41) is 0. The van der Waals surface area contributed by atoms with Gasteiger partial charge in [-0.1, -0.05) is 36.4 Å². The molecular weight excluding hydrogens is 320 g/mol. The smallest absolute Gasteiger partial charge is 0.243 e. The van der Waals surface area contributed by atoms with Crippen LogP contribution in [0, 0.1) is 20.8 Å². The van der Waals surface area contributed by atoms with Crippen LogP contribution in [0.1, 0.15) is 16.7 Å². The second-order valence-electron chi connectivity index (χ2n) is 6.40. The SMILES string of the molecule is Cc1ccccc1S(=O)(=O)N1CCN(c2c(C)cccc2C)CC1. The molecule has 0 unspecified atom stereocenters. The third kappa shape index (κ3) is 3.06. The molecule has 2 aromatic carbocycles. The second kappa shape index (κ2) is 6.57. The molecule has 0 bridgehead atoms. The van der Waals surface area contributed by atoms with E-state index in [4.69, 9.17) is 0 Å². The molecule has 1 aliphatic heterocycles. The maximum atomic E-state index is 12.9. The van der Waals surface area contributed by atoms with Gasteiger partial charge >= 0.3 is 0 Å². The normalized spacial score (nSPS) is 16.4. The monoisotopic (exact) mass is 344 g/mol. The van der Waals surface area contributed by atoms with E-state index in [1.807, 2.05) is 19.1 Å². The number of anilines is 1. The number of hydrogen-bond donors (Lipinski definition) is 0. The third-order valence-electron chi connectivity index (χ3n) is 4.71. The van der Waals surface area contributed by atoms with Crippen LogP contribution in [0.25, 0.3) is 0 Å². The number of para-hydroxylation sites is 1. The van der Waals surface area contributed by atoms with E-state index in [0.29, 0.717) is 18.0 Å². The Balaban J connectivity index is 1.79. The summed E-state index contributed by atoms with van der Waals surface area (Å²) in [5.41, 5.74) is 4.52. The number of hydrogen-bond acceptors (Lipinski definition) is 3. The van der Waals surface area contributed by atoms with Crippen LogP contribution in [0.3, 0.4) is 0 Å². The van der Waals surface area contributed by atoms with E-state index in [1.165, 1.54) is 16.8 Å². The second-order valence-corrected chi connectivity index (χ2v) is 8.30. The molecule has 4 nitrogen and oxygen atoms in total. The Bertz CT molecular complexity index is 818. The van der Waals surface area contributed by atoms with Crippen LogP contribution in [0.15, 0.2) is 47.4 Å². The lowest BCUT2D eigenvalue weighted by atomic mass is 10.1. The van der Waals surface area contributed by atoms with E-state index in [-0.39, 0.29) is 0 Å². The molecule has 24 heavy (non-hydrogen) atoms. The van der Waals surface area contributed by atoms with Crippen LogP contribution in [0.2, 0.25) is 0 Å². The highest BCUT2D eigenvalue weighted by Gasteiger charge is 2.30. The minimum Gasteiger partial charge on any atom is -0.368 e. The molecule has 0 spiro atoms. The molecule has 0 saturated carbocycles. The van der Waals surface area contributed by atoms with Crippen molar-refractivity contribution in [1.82, 2.24) is 4.31 Å². The molecule has 1 aliphatic rings. The van der Waals surface area contributed by atoms with Gasteiger partial charge in [-0.15, -0.1) is 0 Å². The standard InChI is InChI=1S/C19H24N2O2S/c1-15-7-4-5-10-18(15)24(22,23)21-13-11-20(12-14-21)19-16(2)8-6-9-17(19)3/h4-10H,11-14H2,1-3H3. The fourth-order valence-electron chi connectivity index (χ4n) is 3.44. The Labute approximate surface area is 144 Å². The summed E-state index contributed by atoms with van der Waals surface area (Å²) in [6.45, 7) is 8.54. The van der Waals surface area contributed by atoms with Crippen molar-refractivity contribution >= 4 is 15.7 Å². The van der Waals surface area contributed by atoms with E-state index in [2.05, 4.69) is 36.9 Å². The molecule has 0 atom stereocenters. The number of aryl methyl sites for hydroxylation is 3. The van der Waals surface area contributed by atoms with E-state index in [1.54, 1.807) is 16.4 Å². The van der Waals surface area contributed by atoms with Gasteiger partial charge in [0.1, 0.15) is 0 Å². The van der Waals surface area contributed by atoms with Crippen molar-refractivity contribution in [3.8, 4) is 0 Å². The molecule has 3 rings (SSSR count). The van der Waals surface area contributed by atoms with Gasteiger partial charge in [-0.2, -0.15) is 4.31 Å². The van der Waals surface area contributed by atoms with E-state index in [9.17, 15) is 8.42 Å². The van der Waals surface area contributed by atoms with Crippen molar-refractivity contribution < 1.29 is 8.42 Å². The predicted molar refractivity (Wildman–Crippen MR) is 98.1 cm³/mol. The zero-order chi connectivity index (χ0) is 17.3. The predicted octanol–water partition coefficient (Wildman–Crippen LogP) is 3.12. The molecule has 1 heterocycles. The molecule has 128 valence electrons. The summed E-state index contributed by atoms with van der Waals surface area (Å²) < 4.78 is 27.4. The van der Waals surface area contributed by atoms with Crippen LogP contribution in [0.4, 0.5) is 5.69 Å². The number of rotatable bonds is 3. The summed E-state index contributed by atoms with van der Waals surface area (Å²) in [6, 6.07) is 13.5. The molecule has 5 heteroatoms. The van der Waals surface area contributed by atoms with Crippen LogP contribution in [-0.4, -0.2) is 38.9 Å². The van der Waals surface area contributed by atoms with Crippen molar-refractivity contribution in [3.63, 3.8) is 0 Å². The Morgan fingerprint density at radius 2 is 1.29 bits per heavy atom. The van der Waals surface area contributed by atoms with Crippen molar-refractivity contribution in [2.45, 2.75) is 25.7 Å². The van der Waals surface area contributed by atoms with Gasteiger partial charge in [0, 0.05) is 31.9 Å². The summed E-state index contributed by atoms with van der Waals surface area (Å²) >= 11 is 0. The van der Waals surface area contributed by atoms with Crippen molar-refractivity contribution in [3.05, 3.63) is 59.2 Å². The van der Waals surface area contributed by atoms with Crippen LogP contribution in [-0.2, 0) is 10.0 Å². The van der Waals surface area contributed by atoms with Gasteiger partial charge in [-0.3, -0.25) is 0 Å². The summed E-state index contributed by atoms with van der Waals surface area (Å²) in [7, 11) is -3.41. The van der Waals surface area contributed by atoms with E-state index in [0.717, 1.165) is 18.7 Å². The zero-order valence-electron chi connectivity index (χ0n) is 14.5. The molecule has 0 radical (unpaired) electrons. The summed E-state index contributed by atoms with van der Waals surface area (Å²) in [5.74, 6) is 0. The van der Waals surface area contributed by atoms with E-state index < -0.39 is 10.0 Å². The Hall–Kier alpha value is -1.85. The third-order valence-corrected chi connectivity index (χ3v) is 6.76. The zero-order valence-corrected chi connectivity index (χ0v) is 15.3. The van der Waals surface area contributed by atoms with Gasteiger partial charge in [0.15, 0.2) is 0 Å². The number of sulfonamides is 1. The summed E-state index contributed by atoms with van der Waals surface area (Å²) in [4.78, 5) is 2.72. The largest absolute Gasteiger partial charge is 0.368 e. The Morgan fingerprint density at radius 3 is 1.88 bits per heavy atom. The average Bonchev–Trinajstić information content (AvgIpc) is 2.55. The average molecular weight is 344 g/mol. The Morgan fingerprint density at radius 1 is 0.750 bits per heavy atom. The summed E-state index contributed by atoms with van der Waals surface area (Å²) in [6.07, 6.45) is 0. The highest BCUT2D eigenvalue weighted by atomic mass is 32.2. The van der Waals surface area contributed by atoms with Gasteiger partial charge in [-0.25, -0.2) is 8.42 Å². The number of nitrogens with zero attached hydrogens (tertiary/aromatic N) is 2. The quantitative estimate of drug-likeness (QED) is 0.859. The maximum Gasteiger partial charge on any atom is 0.243 e. The molecule has 1 fully saturated rings. The first-order valence-electron chi connectivity index (χ1n) is 8.28. The van der Waals surface area contributed by atoms with Gasteiger partial charge in [0.2, 0.25) is 10.0 Å². The van der Waals surface area contributed by atoms with Gasteiger partial charge in [-0.05, 0) is 43.5 Å². The lowest BCUT2D eigenvalue weighted by molar-refractivity contribution is 0.384. The molecule has 2 aromatic rings. The first kappa shape index (κ1) is 17.0.